The third kappa shape index (κ3) is 3.70. The average Bonchev–Trinajstić information content (AvgIpc) is 2.07. The molecule has 1 N–H and O–H groups in total. The van der Waals surface area contributed by atoms with Gasteiger partial charge in [0.15, 0.2) is 0 Å². The number of aryl methyl sites for hydroxylation is 1. The first-order chi connectivity index (χ1) is 6.58. The van der Waals surface area contributed by atoms with E-state index in [-0.39, 0.29) is 0 Å². The van der Waals surface area contributed by atoms with Crippen molar-refractivity contribution in [1.82, 2.24) is 15.1 Å². The van der Waals surface area contributed by atoms with E-state index in [0.29, 0.717) is 6.04 Å². The van der Waals surface area contributed by atoms with E-state index in [1.54, 1.807) is 0 Å². The first kappa shape index (κ1) is 10.9. The van der Waals surface area contributed by atoms with Gasteiger partial charge in [-0.15, -0.1) is 5.10 Å². The number of hydrogen-bond acceptors (Lipinski definition) is 4. The van der Waals surface area contributed by atoms with Crippen LogP contribution in [0.3, 0.4) is 0 Å². The van der Waals surface area contributed by atoms with Gasteiger partial charge < -0.3 is 10.2 Å². The molecule has 1 unspecified atom stereocenters. The van der Waals surface area contributed by atoms with Gasteiger partial charge in [-0.05, 0) is 40.1 Å². The Balaban J connectivity index is 2.47. The van der Waals surface area contributed by atoms with Crippen LogP contribution in [0.25, 0.3) is 0 Å². The van der Waals surface area contributed by atoms with Crippen molar-refractivity contribution in [2.24, 2.45) is 0 Å². The Morgan fingerprint density at radius 1 is 1.36 bits per heavy atom. The fraction of sp³-hybridized carbons (Fsp3) is 0.600. The van der Waals surface area contributed by atoms with E-state index in [9.17, 15) is 0 Å². The molecule has 0 amide bonds. The molecule has 0 aliphatic heterocycles. The quantitative estimate of drug-likeness (QED) is 0.780. The number of anilines is 1. The van der Waals surface area contributed by atoms with E-state index in [0.717, 1.165) is 18.1 Å². The second kappa shape index (κ2) is 4.91. The van der Waals surface area contributed by atoms with Crippen molar-refractivity contribution < 1.29 is 0 Å². The van der Waals surface area contributed by atoms with Crippen LogP contribution >= 0.6 is 0 Å². The lowest BCUT2D eigenvalue weighted by atomic mass is 10.3. The Bertz CT molecular complexity index is 268. The molecule has 0 saturated carbocycles. The minimum atomic E-state index is 0.377. The van der Waals surface area contributed by atoms with Gasteiger partial charge in [0.25, 0.3) is 0 Å². The molecule has 0 saturated heterocycles. The standard InChI is InChI=1S/C10H18N4/c1-8-5-6-10(13-12-8)11-9(2)7-14(3)4/h5-6,9H,7H2,1-4H3,(H,11,13). The SMILES string of the molecule is Cc1ccc(NC(C)CN(C)C)nn1. The first-order valence-corrected chi connectivity index (χ1v) is 4.79. The van der Waals surface area contributed by atoms with Gasteiger partial charge in [-0.1, -0.05) is 0 Å². The van der Waals surface area contributed by atoms with Crippen LogP contribution in [0.5, 0.6) is 0 Å². The van der Waals surface area contributed by atoms with Gasteiger partial charge in [-0.25, -0.2) is 0 Å². The molecule has 4 heteroatoms. The Morgan fingerprint density at radius 2 is 2.07 bits per heavy atom. The summed E-state index contributed by atoms with van der Waals surface area (Å²) in [7, 11) is 4.11. The zero-order valence-corrected chi connectivity index (χ0v) is 9.28. The molecule has 1 rings (SSSR count). The summed E-state index contributed by atoms with van der Waals surface area (Å²) in [6.07, 6.45) is 0. The Hall–Kier alpha value is -1.16. The summed E-state index contributed by atoms with van der Waals surface area (Å²) in [5.41, 5.74) is 0.941. The zero-order chi connectivity index (χ0) is 10.6. The van der Waals surface area contributed by atoms with Gasteiger partial charge in [-0.3, -0.25) is 0 Å². The molecule has 1 atom stereocenters. The normalized spacial score (nSPS) is 12.9. The summed E-state index contributed by atoms with van der Waals surface area (Å²) in [6, 6.07) is 4.29. The molecule has 1 aromatic heterocycles. The molecule has 0 aliphatic carbocycles. The van der Waals surface area contributed by atoms with Crippen LogP contribution in [0.1, 0.15) is 12.6 Å². The number of nitrogens with zero attached hydrogens (tertiary/aromatic N) is 3. The molecule has 0 aromatic carbocycles. The highest BCUT2D eigenvalue weighted by molar-refractivity contribution is 5.33. The van der Waals surface area contributed by atoms with Gasteiger partial charge in [0.1, 0.15) is 5.82 Å². The fourth-order valence-electron chi connectivity index (χ4n) is 1.32. The summed E-state index contributed by atoms with van der Waals surface area (Å²) < 4.78 is 0. The lowest BCUT2D eigenvalue weighted by Gasteiger charge is -2.18. The highest BCUT2D eigenvalue weighted by Gasteiger charge is 2.03. The number of nitrogens with one attached hydrogen (secondary N) is 1. The lowest BCUT2D eigenvalue weighted by molar-refractivity contribution is 0.391. The van der Waals surface area contributed by atoms with Crippen molar-refractivity contribution in [2.45, 2.75) is 19.9 Å². The van der Waals surface area contributed by atoms with E-state index in [2.05, 4.69) is 41.4 Å². The van der Waals surface area contributed by atoms with E-state index < -0.39 is 0 Å². The fourth-order valence-corrected chi connectivity index (χ4v) is 1.32. The van der Waals surface area contributed by atoms with Crippen LogP contribution in [0.2, 0.25) is 0 Å². The van der Waals surface area contributed by atoms with Gasteiger partial charge in [0.2, 0.25) is 0 Å². The van der Waals surface area contributed by atoms with Gasteiger partial charge in [0.05, 0.1) is 5.69 Å². The maximum absolute atomic E-state index is 4.05. The summed E-state index contributed by atoms with van der Waals surface area (Å²) >= 11 is 0. The summed E-state index contributed by atoms with van der Waals surface area (Å²) in [4.78, 5) is 2.14. The zero-order valence-electron chi connectivity index (χ0n) is 9.28. The average molecular weight is 194 g/mol. The van der Waals surface area contributed by atoms with Crippen molar-refractivity contribution in [3.63, 3.8) is 0 Å². The van der Waals surface area contributed by atoms with Gasteiger partial charge in [0, 0.05) is 12.6 Å². The van der Waals surface area contributed by atoms with Crippen LogP contribution in [-0.4, -0.2) is 41.8 Å². The molecular weight excluding hydrogens is 176 g/mol. The van der Waals surface area contributed by atoms with Crippen LogP contribution in [0, 0.1) is 6.92 Å². The van der Waals surface area contributed by atoms with Crippen molar-refractivity contribution in [3.8, 4) is 0 Å². The number of rotatable bonds is 4. The van der Waals surface area contributed by atoms with Crippen LogP contribution in [0.4, 0.5) is 5.82 Å². The Kier molecular flexibility index (Phi) is 3.83. The molecule has 78 valence electrons. The Morgan fingerprint density at radius 3 is 2.57 bits per heavy atom. The van der Waals surface area contributed by atoms with Crippen molar-refractivity contribution >= 4 is 5.82 Å². The molecule has 0 bridgehead atoms. The molecule has 0 fully saturated rings. The molecular formula is C10H18N4. The minimum absolute atomic E-state index is 0.377. The van der Waals surface area contributed by atoms with E-state index in [1.807, 2.05) is 19.1 Å². The highest BCUT2D eigenvalue weighted by Crippen LogP contribution is 2.03. The van der Waals surface area contributed by atoms with Crippen molar-refractivity contribution in [3.05, 3.63) is 17.8 Å². The van der Waals surface area contributed by atoms with Crippen LogP contribution < -0.4 is 5.32 Å². The Labute approximate surface area is 85.3 Å². The summed E-state index contributed by atoms with van der Waals surface area (Å²) in [6.45, 7) is 5.04. The third-order valence-electron chi connectivity index (χ3n) is 1.83. The monoisotopic (exact) mass is 194 g/mol. The predicted molar refractivity (Wildman–Crippen MR) is 58.4 cm³/mol. The van der Waals surface area contributed by atoms with E-state index >= 15 is 0 Å². The summed E-state index contributed by atoms with van der Waals surface area (Å²) in [5.74, 6) is 0.838. The van der Waals surface area contributed by atoms with E-state index in [4.69, 9.17) is 0 Å². The largest absolute Gasteiger partial charge is 0.365 e. The van der Waals surface area contributed by atoms with Gasteiger partial charge >= 0.3 is 0 Å². The predicted octanol–water partition coefficient (Wildman–Crippen LogP) is 1.15. The van der Waals surface area contributed by atoms with Crippen molar-refractivity contribution in [2.75, 3.05) is 26.0 Å². The number of likely N-dealkylation sites (N-methyl/N-ethyl adjacent to an activating group) is 1. The molecule has 0 radical (unpaired) electrons. The second-order valence-electron chi connectivity index (χ2n) is 3.87. The minimum Gasteiger partial charge on any atom is -0.365 e. The molecule has 0 spiro atoms. The molecule has 1 aromatic rings. The summed E-state index contributed by atoms with van der Waals surface area (Å²) in [5, 5.41) is 11.3. The van der Waals surface area contributed by atoms with Crippen LogP contribution in [0.15, 0.2) is 12.1 Å². The topological polar surface area (TPSA) is 41.0 Å². The third-order valence-corrected chi connectivity index (χ3v) is 1.83. The van der Waals surface area contributed by atoms with E-state index in [1.165, 1.54) is 0 Å². The number of hydrogen-bond donors (Lipinski definition) is 1. The van der Waals surface area contributed by atoms with Crippen molar-refractivity contribution in [1.29, 1.82) is 0 Å². The molecule has 0 aliphatic rings. The maximum Gasteiger partial charge on any atom is 0.148 e. The molecule has 4 nitrogen and oxygen atoms in total. The number of aromatic nitrogens is 2. The first-order valence-electron chi connectivity index (χ1n) is 4.79. The molecule has 14 heavy (non-hydrogen) atoms. The lowest BCUT2D eigenvalue weighted by Crippen LogP contribution is -2.30. The second-order valence-corrected chi connectivity index (χ2v) is 3.87. The molecule has 1 heterocycles. The maximum atomic E-state index is 4.05. The van der Waals surface area contributed by atoms with Crippen LogP contribution in [-0.2, 0) is 0 Å². The highest BCUT2D eigenvalue weighted by atomic mass is 15.2. The van der Waals surface area contributed by atoms with Gasteiger partial charge in [-0.2, -0.15) is 5.10 Å². The smallest absolute Gasteiger partial charge is 0.148 e.